The van der Waals surface area contributed by atoms with Crippen LogP contribution in [0.1, 0.15) is 26.3 Å². The Morgan fingerprint density at radius 2 is 1.81 bits per heavy atom. The van der Waals surface area contributed by atoms with Gasteiger partial charge in [0, 0.05) is 10.5 Å². The lowest BCUT2D eigenvalue weighted by Gasteiger charge is -2.33. The number of nitrogens with one attached hydrogen (secondary N) is 2. The molecule has 32 heavy (non-hydrogen) atoms. The first-order chi connectivity index (χ1) is 15.2. The Kier molecular flexibility index (Phi) is 9.60. The number of hydrogen-bond donors (Lipinski definition) is 3. The van der Waals surface area contributed by atoms with E-state index in [0.717, 1.165) is 5.56 Å². The van der Waals surface area contributed by atoms with Crippen LogP contribution in [-0.4, -0.2) is 42.8 Å². The standard InChI is InChI=1S/C23H28N2O5S2/c1-4-5-15-30-19-11-13-20(14-12-19)32(28,29)17-24-21(22(26)25-27)23(2,3)31-16-18-9-7-6-8-10-18/h6-14,21,24,27H,15-17H2,1-3H3,(H,25,26). The molecule has 1 atom stereocenters. The zero-order chi connectivity index (χ0) is 23.6. The fraction of sp³-hybridized carbons (Fsp3) is 0.348. The van der Waals surface area contributed by atoms with Gasteiger partial charge in [-0.05, 0) is 50.6 Å². The van der Waals surface area contributed by atoms with E-state index >= 15 is 0 Å². The maximum Gasteiger partial charge on any atom is 0.261 e. The van der Waals surface area contributed by atoms with Crippen molar-refractivity contribution < 1.29 is 23.2 Å². The average molecular weight is 477 g/mol. The van der Waals surface area contributed by atoms with E-state index in [0.29, 0.717) is 11.5 Å². The minimum absolute atomic E-state index is 0.0943. The second-order valence-corrected chi connectivity index (χ2v) is 11.1. The Balaban J connectivity index is 2.07. The van der Waals surface area contributed by atoms with Crippen LogP contribution in [0.25, 0.3) is 0 Å². The lowest BCUT2D eigenvalue weighted by atomic mass is 10.0. The van der Waals surface area contributed by atoms with Gasteiger partial charge in [0.1, 0.15) is 24.3 Å². The zero-order valence-corrected chi connectivity index (χ0v) is 19.9. The van der Waals surface area contributed by atoms with Crippen LogP contribution in [0.15, 0.2) is 59.5 Å². The van der Waals surface area contributed by atoms with Crippen LogP contribution in [0.2, 0.25) is 0 Å². The van der Waals surface area contributed by atoms with Crippen LogP contribution in [0, 0.1) is 11.8 Å². The van der Waals surface area contributed by atoms with Crippen LogP contribution in [-0.2, 0) is 20.4 Å². The Hall–Kier alpha value is -2.51. The van der Waals surface area contributed by atoms with E-state index in [1.54, 1.807) is 24.5 Å². The molecule has 0 aromatic heterocycles. The number of carbonyl (C=O) groups excluding carboxylic acids is 1. The van der Waals surface area contributed by atoms with Gasteiger partial charge in [-0.25, -0.2) is 13.9 Å². The summed E-state index contributed by atoms with van der Waals surface area (Å²) in [5.74, 6) is 5.44. The summed E-state index contributed by atoms with van der Waals surface area (Å²) in [6, 6.07) is 14.8. The van der Waals surface area contributed by atoms with Gasteiger partial charge in [-0.1, -0.05) is 36.3 Å². The van der Waals surface area contributed by atoms with E-state index in [1.807, 2.05) is 44.2 Å². The van der Waals surface area contributed by atoms with Gasteiger partial charge in [0.15, 0.2) is 9.84 Å². The Bertz CT molecular complexity index is 1040. The predicted octanol–water partition coefficient (Wildman–Crippen LogP) is 3.00. The molecule has 7 nitrogen and oxygen atoms in total. The summed E-state index contributed by atoms with van der Waals surface area (Å²) in [6.07, 6.45) is 0. The molecule has 0 spiro atoms. The fourth-order valence-electron chi connectivity index (χ4n) is 2.86. The van der Waals surface area contributed by atoms with E-state index in [9.17, 15) is 18.4 Å². The summed E-state index contributed by atoms with van der Waals surface area (Å²) in [7, 11) is -3.73. The largest absolute Gasteiger partial charge is 0.481 e. The predicted molar refractivity (Wildman–Crippen MR) is 126 cm³/mol. The Labute approximate surface area is 193 Å². The lowest BCUT2D eigenvalue weighted by Crippen LogP contribution is -2.55. The minimum atomic E-state index is -3.73. The molecule has 3 N–H and O–H groups in total. The first-order valence-electron chi connectivity index (χ1n) is 9.90. The highest BCUT2D eigenvalue weighted by molar-refractivity contribution is 8.00. The molecule has 1 amide bonds. The molecule has 9 heteroatoms. The van der Waals surface area contributed by atoms with Gasteiger partial charge in [0.2, 0.25) is 0 Å². The van der Waals surface area contributed by atoms with Crippen molar-refractivity contribution >= 4 is 27.5 Å². The van der Waals surface area contributed by atoms with Crippen molar-refractivity contribution in [3.8, 4) is 17.6 Å². The number of ether oxygens (including phenoxy) is 1. The van der Waals surface area contributed by atoms with Gasteiger partial charge in [0.05, 0.1) is 4.90 Å². The average Bonchev–Trinajstić information content (AvgIpc) is 2.78. The molecule has 2 rings (SSSR count). The van der Waals surface area contributed by atoms with Gasteiger partial charge in [-0.3, -0.25) is 15.3 Å². The van der Waals surface area contributed by atoms with Gasteiger partial charge < -0.3 is 4.74 Å². The van der Waals surface area contributed by atoms with E-state index in [-0.39, 0.29) is 11.5 Å². The summed E-state index contributed by atoms with van der Waals surface area (Å²) >= 11 is 1.48. The van der Waals surface area contributed by atoms with Crippen molar-refractivity contribution in [3.63, 3.8) is 0 Å². The Morgan fingerprint density at radius 3 is 2.41 bits per heavy atom. The number of rotatable bonds is 11. The summed E-state index contributed by atoms with van der Waals surface area (Å²) in [5.41, 5.74) is 2.72. The number of hydrogen-bond acceptors (Lipinski definition) is 7. The van der Waals surface area contributed by atoms with E-state index in [4.69, 9.17) is 4.74 Å². The molecule has 0 aliphatic rings. The van der Waals surface area contributed by atoms with Crippen molar-refractivity contribution in [1.29, 1.82) is 0 Å². The second-order valence-electron chi connectivity index (χ2n) is 7.44. The number of benzene rings is 2. The first kappa shape index (κ1) is 25.7. The molecule has 0 heterocycles. The summed E-state index contributed by atoms with van der Waals surface area (Å²) in [4.78, 5) is 12.4. The highest BCUT2D eigenvalue weighted by atomic mass is 32.2. The van der Waals surface area contributed by atoms with Crippen molar-refractivity contribution in [1.82, 2.24) is 10.8 Å². The van der Waals surface area contributed by atoms with Gasteiger partial charge in [-0.2, -0.15) is 0 Å². The number of sulfone groups is 1. The lowest BCUT2D eigenvalue weighted by molar-refractivity contribution is -0.131. The highest BCUT2D eigenvalue weighted by Gasteiger charge is 2.36. The highest BCUT2D eigenvalue weighted by Crippen LogP contribution is 2.32. The second kappa shape index (κ2) is 11.9. The normalized spacial score (nSPS) is 12.4. The van der Waals surface area contributed by atoms with E-state index in [2.05, 4.69) is 17.2 Å². The van der Waals surface area contributed by atoms with Crippen LogP contribution >= 0.6 is 11.8 Å². The molecule has 1 unspecified atom stereocenters. The van der Waals surface area contributed by atoms with Gasteiger partial charge in [-0.15, -0.1) is 17.7 Å². The molecule has 0 aliphatic heterocycles. The molecule has 0 aliphatic carbocycles. The molecular weight excluding hydrogens is 448 g/mol. The van der Waals surface area contributed by atoms with Crippen LogP contribution < -0.4 is 15.5 Å². The molecule has 0 fully saturated rings. The monoisotopic (exact) mass is 476 g/mol. The molecular formula is C23H28N2O5S2. The molecule has 172 valence electrons. The van der Waals surface area contributed by atoms with Gasteiger partial charge in [0.25, 0.3) is 5.91 Å². The topological polar surface area (TPSA) is 105 Å². The number of thioether (sulfide) groups is 1. The number of amides is 1. The third kappa shape index (κ3) is 7.57. The summed E-state index contributed by atoms with van der Waals surface area (Å²) in [6.45, 7) is 5.58. The van der Waals surface area contributed by atoms with Crippen molar-refractivity contribution in [3.05, 3.63) is 60.2 Å². The molecule has 0 saturated carbocycles. The Morgan fingerprint density at radius 1 is 1.16 bits per heavy atom. The van der Waals surface area contributed by atoms with Crippen molar-refractivity contribution in [2.24, 2.45) is 0 Å². The third-order valence-corrected chi connectivity index (χ3v) is 7.66. The maximum absolute atomic E-state index is 12.8. The van der Waals surface area contributed by atoms with Crippen LogP contribution in [0.4, 0.5) is 0 Å². The molecule has 0 saturated heterocycles. The summed E-state index contributed by atoms with van der Waals surface area (Å²) in [5, 5.41) is 12.0. The third-order valence-electron chi connectivity index (χ3n) is 4.67. The minimum Gasteiger partial charge on any atom is -0.481 e. The number of hydroxylamine groups is 1. The zero-order valence-electron chi connectivity index (χ0n) is 18.3. The fourth-order valence-corrected chi connectivity index (χ4v) is 5.05. The number of carbonyl (C=O) groups is 1. The first-order valence-corrected chi connectivity index (χ1v) is 12.5. The van der Waals surface area contributed by atoms with E-state index in [1.165, 1.54) is 23.9 Å². The van der Waals surface area contributed by atoms with Crippen LogP contribution in [0.5, 0.6) is 5.75 Å². The van der Waals surface area contributed by atoms with Crippen molar-refractivity contribution in [2.45, 2.75) is 42.2 Å². The smallest absolute Gasteiger partial charge is 0.261 e. The maximum atomic E-state index is 12.8. The quantitative estimate of drug-likeness (QED) is 0.260. The molecule has 2 aromatic rings. The van der Waals surface area contributed by atoms with Gasteiger partial charge >= 0.3 is 0 Å². The van der Waals surface area contributed by atoms with Crippen molar-refractivity contribution in [2.75, 3.05) is 12.5 Å². The molecule has 0 radical (unpaired) electrons. The molecule has 0 bridgehead atoms. The SMILES string of the molecule is CC#CCOc1ccc(S(=O)(=O)CNC(C(=O)NO)C(C)(C)SCc2ccccc2)cc1. The molecule has 2 aromatic carbocycles. The van der Waals surface area contributed by atoms with Crippen LogP contribution in [0.3, 0.4) is 0 Å². The van der Waals surface area contributed by atoms with E-state index < -0.39 is 32.4 Å². The summed E-state index contributed by atoms with van der Waals surface area (Å²) < 4.78 is 30.3.